The summed E-state index contributed by atoms with van der Waals surface area (Å²) in [6, 6.07) is -0.0480. The van der Waals surface area contributed by atoms with Gasteiger partial charge in [-0.15, -0.1) is 11.3 Å². The number of nitrogens with zero attached hydrogens (tertiary/aromatic N) is 3. The molecule has 3 rings (SSSR count). The molecule has 1 atom stereocenters. The molecule has 0 aromatic carbocycles. The average Bonchev–Trinajstić information content (AvgIpc) is 2.97. The summed E-state index contributed by atoms with van der Waals surface area (Å²) in [5.41, 5.74) is -0.257. The molecule has 1 N–H and O–H groups in total. The lowest BCUT2D eigenvalue weighted by Gasteiger charge is -2.29. The zero-order valence-corrected chi connectivity index (χ0v) is 13.1. The Kier molecular flexibility index (Phi) is 4.51. The van der Waals surface area contributed by atoms with E-state index in [0.29, 0.717) is 4.96 Å². The molecule has 7 nitrogen and oxygen atoms in total. The molecular weight excluding hydrogens is 304 g/mol. The quantitative estimate of drug-likeness (QED) is 0.871. The van der Waals surface area contributed by atoms with Crippen LogP contribution in [-0.4, -0.2) is 59.1 Å². The first kappa shape index (κ1) is 15.1. The predicted octanol–water partition coefficient (Wildman–Crippen LogP) is 0.206. The van der Waals surface area contributed by atoms with Crippen molar-refractivity contribution < 1.29 is 9.53 Å². The first-order valence-corrected chi connectivity index (χ1v) is 8.09. The molecule has 3 heterocycles. The molecular formula is C14H18N4O3S. The minimum atomic E-state index is -0.376. The maximum Gasteiger partial charge on any atom is 0.271 e. The van der Waals surface area contributed by atoms with Crippen molar-refractivity contribution >= 4 is 22.2 Å². The second kappa shape index (κ2) is 6.55. The van der Waals surface area contributed by atoms with Crippen LogP contribution in [0.15, 0.2) is 22.6 Å². The summed E-state index contributed by atoms with van der Waals surface area (Å²) in [7, 11) is 0. The van der Waals surface area contributed by atoms with E-state index in [0.717, 1.165) is 32.8 Å². The van der Waals surface area contributed by atoms with Gasteiger partial charge in [-0.3, -0.25) is 18.9 Å². The van der Waals surface area contributed by atoms with E-state index >= 15 is 0 Å². The summed E-state index contributed by atoms with van der Waals surface area (Å²) in [6.07, 6.45) is 2.98. The normalized spacial score (nSPS) is 17.5. The Morgan fingerprint density at radius 3 is 3.05 bits per heavy atom. The molecule has 1 aliphatic heterocycles. The Hall–Kier alpha value is -1.77. The fourth-order valence-corrected chi connectivity index (χ4v) is 3.17. The van der Waals surface area contributed by atoms with Gasteiger partial charge in [0.2, 0.25) is 0 Å². The van der Waals surface area contributed by atoms with E-state index in [2.05, 4.69) is 15.2 Å². The summed E-state index contributed by atoms with van der Waals surface area (Å²) < 4.78 is 6.70. The highest BCUT2D eigenvalue weighted by Gasteiger charge is 2.18. The van der Waals surface area contributed by atoms with Crippen LogP contribution in [0.1, 0.15) is 17.3 Å². The third kappa shape index (κ3) is 3.18. The van der Waals surface area contributed by atoms with E-state index < -0.39 is 0 Å². The van der Waals surface area contributed by atoms with Gasteiger partial charge in [-0.2, -0.15) is 0 Å². The Balaban J connectivity index is 1.67. The summed E-state index contributed by atoms with van der Waals surface area (Å²) >= 11 is 1.36. The van der Waals surface area contributed by atoms with Crippen LogP contribution in [0.3, 0.4) is 0 Å². The van der Waals surface area contributed by atoms with Gasteiger partial charge >= 0.3 is 0 Å². The Bertz CT molecular complexity index is 720. The molecule has 118 valence electrons. The molecule has 0 spiro atoms. The molecule has 0 radical (unpaired) electrons. The van der Waals surface area contributed by atoms with Crippen molar-refractivity contribution in [2.45, 2.75) is 13.0 Å². The molecule has 0 aliphatic carbocycles. The Morgan fingerprint density at radius 1 is 1.50 bits per heavy atom. The summed E-state index contributed by atoms with van der Waals surface area (Å²) in [4.78, 5) is 31.5. The predicted molar refractivity (Wildman–Crippen MR) is 83.5 cm³/mol. The standard InChI is InChI=1S/C14H18N4O3S/c1-10(9-17-2-5-21-6-3-17)16-12(19)11-8-15-14-18(13(11)20)4-7-22-14/h4,7-8,10H,2-3,5-6,9H2,1H3,(H,16,19). The minimum absolute atomic E-state index is 0.0480. The van der Waals surface area contributed by atoms with Gasteiger partial charge in [-0.05, 0) is 6.92 Å². The zero-order chi connectivity index (χ0) is 15.5. The van der Waals surface area contributed by atoms with Gasteiger partial charge in [0.05, 0.1) is 13.2 Å². The van der Waals surface area contributed by atoms with Gasteiger partial charge in [-0.25, -0.2) is 4.98 Å². The summed E-state index contributed by atoms with van der Waals surface area (Å²) in [5, 5.41) is 4.64. The molecule has 1 amide bonds. The van der Waals surface area contributed by atoms with E-state index in [1.807, 2.05) is 6.92 Å². The van der Waals surface area contributed by atoms with E-state index in [4.69, 9.17) is 4.74 Å². The number of nitrogens with one attached hydrogen (secondary N) is 1. The van der Waals surface area contributed by atoms with Crippen LogP contribution in [0.5, 0.6) is 0 Å². The van der Waals surface area contributed by atoms with Crippen molar-refractivity contribution in [3.8, 4) is 0 Å². The number of rotatable bonds is 4. The molecule has 0 saturated carbocycles. The van der Waals surface area contributed by atoms with Crippen LogP contribution in [0.25, 0.3) is 4.96 Å². The smallest absolute Gasteiger partial charge is 0.271 e. The van der Waals surface area contributed by atoms with Crippen molar-refractivity contribution in [2.24, 2.45) is 0 Å². The monoisotopic (exact) mass is 322 g/mol. The topological polar surface area (TPSA) is 75.9 Å². The van der Waals surface area contributed by atoms with Gasteiger partial charge in [-0.1, -0.05) is 0 Å². The van der Waals surface area contributed by atoms with Crippen molar-refractivity contribution in [1.82, 2.24) is 19.6 Å². The number of carbonyl (C=O) groups excluding carboxylic acids is 1. The fraction of sp³-hybridized carbons (Fsp3) is 0.500. The number of amides is 1. The second-order valence-electron chi connectivity index (χ2n) is 5.32. The maximum absolute atomic E-state index is 12.3. The van der Waals surface area contributed by atoms with Crippen molar-refractivity contribution in [3.05, 3.63) is 33.7 Å². The molecule has 1 unspecified atom stereocenters. The van der Waals surface area contributed by atoms with Crippen LogP contribution in [0.2, 0.25) is 0 Å². The minimum Gasteiger partial charge on any atom is -0.379 e. The first-order chi connectivity index (χ1) is 10.6. The average molecular weight is 322 g/mol. The number of hydrogen-bond acceptors (Lipinski definition) is 6. The van der Waals surface area contributed by atoms with Gasteiger partial charge < -0.3 is 10.1 Å². The number of ether oxygens (including phenoxy) is 1. The third-order valence-electron chi connectivity index (χ3n) is 3.60. The largest absolute Gasteiger partial charge is 0.379 e. The number of hydrogen-bond donors (Lipinski definition) is 1. The van der Waals surface area contributed by atoms with E-state index in [-0.39, 0.29) is 23.1 Å². The lowest BCUT2D eigenvalue weighted by atomic mass is 10.2. The number of carbonyl (C=O) groups is 1. The van der Waals surface area contributed by atoms with Gasteiger partial charge in [0, 0.05) is 43.4 Å². The van der Waals surface area contributed by atoms with E-state index in [1.54, 1.807) is 11.6 Å². The van der Waals surface area contributed by atoms with Gasteiger partial charge in [0.15, 0.2) is 4.96 Å². The molecule has 0 bridgehead atoms. The maximum atomic E-state index is 12.3. The number of aromatic nitrogens is 2. The second-order valence-corrected chi connectivity index (χ2v) is 6.19. The highest BCUT2D eigenvalue weighted by molar-refractivity contribution is 7.15. The molecule has 1 saturated heterocycles. The number of thiazole rings is 1. The molecule has 2 aromatic rings. The summed E-state index contributed by atoms with van der Waals surface area (Å²) in [5.74, 6) is -0.376. The van der Waals surface area contributed by atoms with Gasteiger partial charge in [0.25, 0.3) is 11.5 Å². The fourth-order valence-electron chi connectivity index (χ4n) is 2.50. The highest BCUT2D eigenvalue weighted by atomic mass is 32.1. The van der Waals surface area contributed by atoms with Crippen LogP contribution >= 0.6 is 11.3 Å². The van der Waals surface area contributed by atoms with E-state index in [9.17, 15) is 9.59 Å². The van der Waals surface area contributed by atoms with Crippen LogP contribution in [-0.2, 0) is 4.74 Å². The summed E-state index contributed by atoms with van der Waals surface area (Å²) in [6.45, 7) is 5.85. The van der Waals surface area contributed by atoms with Crippen LogP contribution < -0.4 is 10.9 Å². The lowest BCUT2D eigenvalue weighted by Crippen LogP contribution is -2.46. The van der Waals surface area contributed by atoms with Gasteiger partial charge in [0.1, 0.15) is 5.56 Å². The Labute approximate surface area is 131 Å². The SMILES string of the molecule is CC(CN1CCOCC1)NC(=O)c1cnc2sccn2c1=O. The van der Waals surface area contributed by atoms with E-state index in [1.165, 1.54) is 21.9 Å². The van der Waals surface area contributed by atoms with Crippen molar-refractivity contribution in [3.63, 3.8) is 0 Å². The zero-order valence-electron chi connectivity index (χ0n) is 12.3. The number of fused-ring (bicyclic) bond motifs is 1. The number of morpholine rings is 1. The molecule has 22 heavy (non-hydrogen) atoms. The molecule has 2 aromatic heterocycles. The molecule has 1 fully saturated rings. The van der Waals surface area contributed by atoms with Crippen LogP contribution in [0, 0.1) is 0 Å². The third-order valence-corrected chi connectivity index (χ3v) is 4.37. The van der Waals surface area contributed by atoms with Crippen molar-refractivity contribution in [2.75, 3.05) is 32.8 Å². The van der Waals surface area contributed by atoms with Crippen LogP contribution in [0.4, 0.5) is 0 Å². The van der Waals surface area contributed by atoms with Crippen molar-refractivity contribution in [1.29, 1.82) is 0 Å². The molecule has 1 aliphatic rings. The molecule has 8 heteroatoms. The lowest BCUT2D eigenvalue weighted by molar-refractivity contribution is 0.0342. The highest BCUT2D eigenvalue weighted by Crippen LogP contribution is 2.06. The Morgan fingerprint density at radius 2 is 2.27 bits per heavy atom. The first-order valence-electron chi connectivity index (χ1n) is 7.21.